The van der Waals surface area contributed by atoms with Crippen molar-refractivity contribution in [1.82, 2.24) is 0 Å². The molecule has 26 heavy (non-hydrogen) atoms. The number of phenolic OH excluding ortho intramolecular Hbond substituents is 3. The van der Waals surface area contributed by atoms with Crippen LogP contribution in [0.25, 0.3) is 0 Å². The van der Waals surface area contributed by atoms with Gasteiger partial charge in [0.15, 0.2) is 5.78 Å². The lowest BCUT2D eigenvalue weighted by molar-refractivity contribution is 0.0889. The van der Waals surface area contributed by atoms with E-state index in [9.17, 15) is 20.1 Å². The summed E-state index contributed by atoms with van der Waals surface area (Å²) in [6.45, 7) is 5.74. The van der Waals surface area contributed by atoms with Gasteiger partial charge in [-0.15, -0.1) is 0 Å². The topological polar surface area (TPSA) is 96.2 Å². The van der Waals surface area contributed by atoms with Gasteiger partial charge in [-0.2, -0.15) is 0 Å². The fraction of sp³-hybridized carbons (Fsp3) is 0.250. The summed E-state index contributed by atoms with van der Waals surface area (Å²) in [5.41, 5.74) is 1.83. The van der Waals surface area contributed by atoms with Gasteiger partial charge in [0.25, 0.3) is 0 Å². The van der Waals surface area contributed by atoms with Crippen LogP contribution >= 0.6 is 0 Å². The van der Waals surface area contributed by atoms with Crippen LogP contribution in [0.5, 0.6) is 28.7 Å². The summed E-state index contributed by atoms with van der Waals surface area (Å²) in [7, 11) is 0. The van der Waals surface area contributed by atoms with E-state index in [2.05, 4.69) is 6.58 Å². The Labute approximate surface area is 149 Å². The Balaban J connectivity index is 1.76. The Morgan fingerprint density at radius 3 is 2.65 bits per heavy atom. The van der Waals surface area contributed by atoms with Gasteiger partial charge < -0.3 is 24.8 Å². The number of carbonyl (C=O) groups excluding carboxylic acids is 1. The molecular formula is C20H18O6. The zero-order valence-corrected chi connectivity index (χ0v) is 14.2. The van der Waals surface area contributed by atoms with Crippen molar-refractivity contribution in [3.8, 4) is 28.7 Å². The Morgan fingerprint density at radius 1 is 1.19 bits per heavy atom. The number of carbonyl (C=O) groups is 1. The number of hydrogen-bond acceptors (Lipinski definition) is 6. The predicted molar refractivity (Wildman–Crippen MR) is 93.4 cm³/mol. The molecule has 3 N–H and O–H groups in total. The second-order valence-electron chi connectivity index (χ2n) is 6.70. The summed E-state index contributed by atoms with van der Waals surface area (Å²) in [6, 6.07) is 5.67. The number of aromatic hydroxyl groups is 3. The molecule has 0 unspecified atom stereocenters. The summed E-state index contributed by atoms with van der Waals surface area (Å²) in [5, 5.41) is 30.2. The molecule has 2 aromatic rings. The highest BCUT2D eigenvalue weighted by Gasteiger charge is 2.38. The van der Waals surface area contributed by atoms with E-state index in [0.717, 1.165) is 5.57 Å². The quantitative estimate of drug-likeness (QED) is 0.718. The molecule has 0 spiro atoms. The fourth-order valence-electron chi connectivity index (χ4n) is 3.45. The standard InChI is InChI=1S/C20H18O6/c1-9(2)15-6-12-16(26-15)7-17-18(19(12)23)20(24)13(8-25-17)11-4-3-10(21)5-14(11)22/h3-5,7,13,15,21-23H,1,6,8H2,2H3/t13-,15-/m0/s1. The Bertz CT molecular complexity index is 946. The van der Waals surface area contributed by atoms with E-state index >= 15 is 0 Å². The third-order valence-corrected chi connectivity index (χ3v) is 4.89. The van der Waals surface area contributed by atoms with Crippen molar-refractivity contribution < 1.29 is 29.6 Å². The van der Waals surface area contributed by atoms with Crippen molar-refractivity contribution >= 4 is 5.78 Å². The van der Waals surface area contributed by atoms with Gasteiger partial charge in [-0.1, -0.05) is 12.6 Å². The summed E-state index contributed by atoms with van der Waals surface area (Å²) in [6.07, 6.45) is 0.193. The first-order chi connectivity index (χ1) is 12.4. The molecule has 4 rings (SSSR count). The van der Waals surface area contributed by atoms with E-state index in [1.807, 2.05) is 6.92 Å². The first kappa shape index (κ1) is 16.3. The molecule has 2 aromatic carbocycles. The lowest BCUT2D eigenvalue weighted by atomic mass is 9.86. The second kappa shape index (κ2) is 5.69. The maximum Gasteiger partial charge on any atom is 0.181 e. The average molecular weight is 354 g/mol. The van der Waals surface area contributed by atoms with Crippen LogP contribution in [-0.4, -0.2) is 33.8 Å². The molecule has 0 saturated carbocycles. The minimum atomic E-state index is -0.772. The number of fused-ring (bicyclic) bond motifs is 2. The largest absolute Gasteiger partial charge is 0.508 e. The van der Waals surface area contributed by atoms with Gasteiger partial charge in [0.2, 0.25) is 0 Å². The maximum atomic E-state index is 13.0. The molecule has 0 amide bonds. The van der Waals surface area contributed by atoms with Gasteiger partial charge in [0, 0.05) is 29.7 Å². The van der Waals surface area contributed by atoms with Crippen molar-refractivity contribution in [2.24, 2.45) is 0 Å². The zero-order chi connectivity index (χ0) is 18.6. The van der Waals surface area contributed by atoms with Gasteiger partial charge in [-0.25, -0.2) is 0 Å². The first-order valence-corrected chi connectivity index (χ1v) is 8.26. The lowest BCUT2D eigenvalue weighted by Gasteiger charge is -2.26. The summed E-state index contributed by atoms with van der Waals surface area (Å²) in [5.74, 6) is -0.788. The van der Waals surface area contributed by atoms with Crippen molar-refractivity contribution in [1.29, 1.82) is 0 Å². The van der Waals surface area contributed by atoms with Crippen molar-refractivity contribution in [3.05, 3.63) is 53.1 Å². The highest BCUT2D eigenvalue weighted by molar-refractivity contribution is 6.07. The van der Waals surface area contributed by atoms with Crippen LogP contribution in [0, 0.1) is 0 Å². The van der Waals surface area contributed by atoms with Crippen LogP contribution in [0.15, 0.2) is 36.4 Å². The summed E-state index contributed by atoms with van der Waals surface area (Å²) >= 11 is 0. The number of phenols is 3. The Kier molecular flexibility index (Phi) is 3.57. The number of hydrogen-bond donors (Lipinski definition) is 3. The summed E-state index contributed by atoms with van der Waals surface area (Å²) < 4.78 is 11.5. The number of ketones is 1. The van der Waals surface area contributed by atoms with Gasteiger partial charge in [-0.05, 0) is 18.6 Å². The fourth-order valence-corrected chi connectivity index (χ4v) is 3.45. The van der Waals surface area contributed by atoms with E-state index in [-0.39, 0.29) is 47.1 Å². The van der Waals surface area contributed by atoms with Crippen LogP contribution in [0.4, 0.5) is 0 Å². The molecule has 2 aliphatic rings. The normalized spacial score (nSPS) is 20.7. The number of benzene rings is 2. The molecule has 0 saturated heterocycles. The molecule has 2 heterocycles. The maximum absolute atomic E-state index is 13.0. The second-order valence-corrected chi connectivity index (χ2v) is 6.70. The molecular weight excluding hydrogens is 336 g/mol. The molecule has 0 aromatic heterocycles. The van der Waals surface area contributed by atoms with Gasteiger partial charge in [0.05, 0.1) is 5.92 Å². The monoisotopic (exact) mass is 354 g/mol. The number of Topliss-reactive ketones (excluding diaryl/α,β-unsaturated/α-hetero) is 1. The summed E-state index contributed by atoms with van der Waals surface area (Å²) in [4.78, 5) is 13.0. The van der Waals surface area contributed by atoms with Gasteiger partial charge >= 0.3 is 0 Å². The zero-order valence-electron chi connectivity index (χ0n) is 14.2. The highest BCUT2D eigenvalue weighted by atomic mass is 16.5. The minimum absolute atomic E-state index is 0.0201. The molecule has 0 bridgehead atoms. The van der Waals surface area contributed by atoms with Crippen molar-refractivity contribution in [2.45, 2.75) is 25.4 Å². The molecule has 2 atom stereocenters. The molecule has 134 valence electrons. The molecule has 0 fully saturated rings. The van der Waals surface area contributed by atoms with Crippen molar-refractivity contribution in [2.75, 3.05) is 6.61 Å². The molecule has 6 heteroatoms. The third-order valence-electron chi connectivity index (χ3n) is 4.89. The SMILES string of the molecule is C=C(C)[C@@H]1Cc2c(cc3c(c2O)C(=O)[C@H](c2ccc(O)cc2O)CO3)O1. The van der Waals surface area contributed by atoms with Crippen LogP contribution in [0.2, 0.25) is 0 Å². The van der Waals surface area contributed by atoms with Crippen LogP contribution in [0.1, 0.15) is 34.3 Å². The Morgan fingerprint density at radius 2 is 1.96 bits per heavy atom. The van der Waals surface area contributed by atoms with E-state index in [4.69, 9.17) is 9.47 Å². The van der Waals surface area contributed by atoms with Crippen molar-refractivity contribution in [3.63, 3.8) is 0 Å². The third kappa shape index (κ3) is 2.37. The average Bonchev–Trinajstić information content (AvgIpc) is 3.01. The van der Waals surface area contributed by atoms with Crippen LogP contribution < -0.4 is 9.47 Å². The molecule has 0 radical (unpaired) electrons. The molecule has 6 nitrogen and oxygen atoms in total. The van der Waals surface area contributed by atoms with E-state index in [1.165, 1.54) is 18.2 Å². The molecule has 2 aliphatic heterocycles. The first-order valence-electron chi connectivity index (χ1n) is 8.26. The van der Waals surface area contributed by atoms with Gasteiger partial charge in [-0.3, -0.25) is 4.79 Å². The molecule has 0 aliphatic carbocycles. The number of rotatable bonds is 2. The minimum Gasteiger partial charge on any atom is -0.508 e. The van der Waals surface area contributed by atoms with Crippen LogP contribution in [0.3, 0.4) is 0 Å². The van der Waals surface area contributed by atoms with Crippen LogP contribution in [-0.2, 0) is 6.42 Å². The van der Waals surface area contributed by atoms with E-state index < -0.39 is 5.92 Å². The van der Waals surface area contributed by atoms with E-state index in [0.29, 0.717) is 23.3 Å². The van der Waals surface area contributed by atoms with Gasteiger partial charge in [0.1, 0.15) is 47.0 Å². The predicted octanol–water partition coefficient (Wildman–Crippen LogP) is 3.04. The highest BCUT2D eigenvalue weighted by Crippen LogP contribution is 2.48. The number of ether oxygens (including phenoxy) is 2. The smallest absolute Gasteiger partial charge is 0.181 e. The lowest BCUT2D eigenvalue weighted by Crippen LogP contribution is -2.26. The Hall–Kier alpha value is -3.15. The van der Waals surface area contributed by atoms with E-state index in [1.54, 1.807) is 6.07 Å².